The van der Waals surface area contributed by atoms with E-state index < -0.39 is 23.5 Å². The quantitative estimate of drug-likeness (QED) is 0.553. The van der Waals surface area contributed by atoms with E-state index >= 15 is 0 Å². The third kappa shape index (κ3) is 3.84. The fourth-order valence-corrected chi connectivity index (χ4v) is 4.10. The molecule has 1 atom stereocenters. The predicted molar refractivity (Wildman–Crippen MR) is 113 cm³/mol. The van der Waals surface area contributed by atoms with Crippen molar-refractivity contribution in [1.82, 2.24) is 9.88 Å². The highest BCUT2D eigenvalue weighted by atomic mass is 16.3. The second-order valence-corrected chi connectivity index (χ2v) is 7.61. The number of carbonyl (C=O) groups is 2. The lowest BCUT2D eigenvalue weighted by atomic mass is 9.95. The van der Waals surface area contributed by atoms with Crippen molar-refractivity contribution in [3.8, 4) is 0 Å². The fraction of sp³-hybridized carbons (Fsp3) is 0.292. The smallest absolute Gasteiger partial charge is 0.240 e. The van der Waals surface area contributed by atoms with E-state index in [1.165, 1.54) is 9.80 Å². The number of nitrogens with one attached hydrogen (secondary N) is 1. The first-order valence-electron chi connectivity index (χ1n) is 10.5. The van der Waals surface area contributed by atoms with Crippen LogP contribution < -0.4 is 10.0 Å². The van der Waals surface area contributed by atoms with E-state index in [0.717, 1.165) is 18.5 Å². The molecule has 0 saturated heterocycles. The number of benzene rings is 1. The molecular formula is C24H25N3O4. The molecule has 7 heteroatoms. The molecule has 1 unspecified atom stereocenters. The number of pyridine rings is 1. The highest BCUT2D eigenvalue weighted by molar-refractivity contribution is 6.15. The summed E-state index contributed by atoms with van der Waals surface area (Å²) >= 11 is 0. The summed E-state index contributed by atoms with van der Waals surface area (Å²) in [7, 11) is 0. The molecule has 1 aliphatic heterocycles. The topological polar surface area (TPSA) is 90.9 Å². The summed E-state index contributed by atoms with van der Waals surface area (Å²) in [5.74, 6) is -1.89. The van der Waals surface area contributed by atoms with Crippen molar-refractivity contribution in [2.75, 3.05) is 26.2 Å². The van der Waals surface area contributed by atoms with E-state index in [-0.39, 0.29) is 11.3 Å². The van der Waals surface area contributed by atoms with Crippen LogP contribution in [0.15, 0.2) is 70.6 Å². The van der Waals surface area contributed by atoms with Gasteiger partial charge in [0.25, 0.3) is 0 Å². The minimum Gasteiger partial charge on any atom is -0.868 e. The number of hydrogen-bond donors (Lipinski definition) is 1. The van der Waals surface area contributed by atoms with Gasteiger partial charge in [-0.15, -0.1) is 0 Å². The summed E-state index contributed by atoms with van der Waals surface area (Å²) in [6, 6.07) is 11.6. The number of quaternary nitrogens is 1. The predicted octanol–water partition coefficient (Wildman–Crippen LogP) is 1.13. The number of fused-ring (bicyclic) bond motifs is 1. The molecule has 1 aliphatic rings. The Balaban J connectivity index is 1.73. The highest BCUT2D eigenvalue weighted by Gasteiger charge is 2.40. The van der Waals surface area contributed by atoms with E-state index in [9.17, 15) is 14.7 Å². The molecule has 0 fully saturated rings. The van der Waals surface area contributed by atoms with Crippen LogP contribution in [0.25, 0.3) is 11.0 Å². The molecule has 0 aliphatic carbocycles. The number of aromatic nitrogens is 1. The normalized spacial score (nSPS) is 16.7. The van der Waals surface area contributed by atoms with Crippen LogP contribution in [-0.4, -0.2) is 47.8 Å². The molecule has 4 rings (SSSR count). The zero-order valence-corrected chi connectivity index (χ0v) is 17.6. The van der Waals surface area contributed by atoms with Crippen LogP contribution >= 0.6 is 0 Å². The van der Waals surface area contributed by atoms with Gasteiger partial charge in [-0.3, -0.25) is 14.6 Å². The molecule has 31 heavy (non-hydrogen) atoms. The van der Waals surface area contributed by atoms with E-state index in [0.29, 0.717) is 24.2 Å². The van der Waals surface area contributed by atoms with Crippen LogP contribution in [-0.2, 0) is 4.79 Å². The van der Waals surface area contributed by atoms with E-state index in [1.807, 2.05) is 18.2 Å². The van der Waals surface area contributed by atoms with Crippen molar-refractivity contribution in [2.45, 2.75) is 19.9 Å². The Morgan fingerprint density at radius 2 is 1.87 bits per heavy atom. The molecule has 1 amide bonds. The number of furan rings is 1. The van der Waals surface area contributed by atoms with Crippen molar-refractivity contribution in [3.63, 3.8) is 0 Å². The molecule has 0 bridgehead atoms. The maximum Gasteiger partial charge on any atom is 0.240 e. The molecule has 160 valence electrons. The van der Waals surface area contributed by atoms with Gasteiger partial charge in [0.05, 0.1) is 32.2 Å². The molecule has 1 aromatic carbocycles. The average Bonchev–Trinajstić information content (AvgIpc) is 3.34. The molecule has 2 aromatic heterocycles. The maximum absolute atomic E-state index is 13.4. The van der Waals surface area contributed by atoms with Gasteiger partial charge in [-0.1, -0.05) is 18.2 Å². The van der Waals surface area contributed by atoms with Crippen LogP contribution in [0.1, 0.15) is 36.0 Å². The summed E-state index contributed by atoms with van der Waals surface area (Å²) in [5, 5.41) is 13.8. The Bertz CT molecular complexity index is 1100. The van der Waals surface area contributed by atoms with Gasteiger partial charge in [-0.05, 0) is 49.4 Å². The maximum atomic E-state index is 13.4. The van der Waals surface area contributed by atoms with Gasteiger partial charge in [0.15, 0.2) is 5.76 Å². The number of rotatable bonds is 8. The summed E-state index contributed by atoms with van der Waals surface area (Å²) in [4.78, 5) is 33.2. The van der Waals surface area contributed by atoms with Crippen molar-refractivity contribution in [2.24, 2.45) is 0 Å². The van der Waals surface area contributed by atoms with Crippen molar-refractivity contribution < 1.29 is 24.0 Å². The Morgan fingerprint density at radius 1 is 1.16 bits per heavy atom. The zero-order chi connectivity index (χ0) is 22.0. The molecule has 0 spiro atoms. The number of amides is 1. The lowest BCUT2D eigenvalue weighted by Crippen LogP contribution is -3.12. The molecule has 1 N–H and O–H groups in total. The third-order valence-corrected chi connectivity index (χ3v) is 5.91. The van der Waals surface area contributed by atoms with Gasteiger partial charge in [-0.25, -0.2) is 0 Å². The number of likely N-dealkylation sites (N-methyl/N-ethyl adjacent to an activating group) is 1. The van der Waals surface area contributed by atoms with Crippen molar-refractivity contribution in [1.29, 1.82) is 0 Å². The Labute approximate surface area is 180 Å². The first kappa shape index (κ1) is 20.8. The first-order valence-corrected chi connectivity index (χ1v) is 10.5. The standard InChI is InChI=1S/C24H25N3O4/c1-3-26(4-2)13-14-27-21(16-9-11-25-12-10-16)20(23(29)24(27)30)22(28)19-15-17-7-5-6-8-18(17)31-19/h5-12,15,21,29H,3-4,13-14H2,1-2H3. The number of ketones is 1. The van der Waals surface area contributed by atoms with Crippen LogP contribution in [0, 0.1) is 0 Å². The van der Waals surface area contributed by atoms with E-state index in [1.54, 1.807) is 36.7 Å². The van der Waals surface area contributed by atoms with E-state index in [2.05, 4.69) is 18.8 Å². The average molecular weight is 419 g/mol. The molecular weight excluding hydrogens is 394 g/mol. The number of carbonyl (C=O) groups excluding carboxylic acids is 2. The van der Waals surface area contributed by atoms with Crippen LogP contribution in [0.5, 0.6) is 0 Å². The van der Waals surface area contributed by atoms with Gasteiger partial charge in [0.2, 0.25) is 11.7 Å². The minimum absolute atomic E-state index is 0.0626. The summed E-state index contributed by atoms with van der Waals surface area (Å²) in [6.07, 6.45) is 3.19. The van der Waals surface area contributed by atoms with Crippen molar-refractivity contribution in [3.05, 3.63) is 77.5 Å². The number of para-hydroxylation sites is 1. The molecule has 0 radical (unpaired) electrons. The fourth-order valence-electron chi connectivity index (χ4n) is 4.10. The SMILES string of the molecule is CC[NH+](CC)CCN1C(=O)C([O-])=C(C(=O)c2cc3ccccc3o2)C1c1ccncc1. The minimum atomic E-state index is -0.762. The van der Waals surface area contributed by atoms with Gasteiger partial charge in [-0.2, -0.15) is 0 Å². The number of nitrogens with zero attached hydrogens (tertiary/aromatic N) is 2. The second kappa shape index (κ2) is 8.73. The molecule has 3 aromatic rings. The summed E-state index contributed by atoms with van der Waals surface area (Å²) < 4.78 is 5.71. The van der Waals surface area contributed by atoms with Crippen LogP contribution in [0.4, 0.5) is 0 Å². The Kier molecular flexibility index (Phi) is 5.86. The number of hydrogen-bond acceptors (Lipinski definition) is 5. The van der Waals surface area contributed by atoms with Crippen LogP contribution in [0.2, 0.25) is 0 Å². The van der Waals surface area contributed by atoms with Gasteiger partial charge < -0.3 is 19.3 Å². The zero-order valence-electron chi connectivity index (χ0n) is 17.6. The Hall–Kier alpha value is -3.45. The molecule has 3 heterocycles. The molecule has 7 nitrogen and oxygen atoms in total. The first-order chi connectivity index (χ1) is 15.0. The summed E-state index contributed by atoms with van der Waals surface area (Å²) in [6.45, 7) is 7.07. The van der Waals surface area contributed by atoms with Crippen molar-refractivity contribution >= 4 is 22.7 Å². The largest absolute Gasteiger partial charge is 0.868 e. The van der Waals surface area contributed by atoms with Gasteiger partial charge in [0.1, 0.15) is 5.58 Å². The summed E-state index contributed by atoms with van der Waals surface area (Å²) in [5.41, 5.74) is 1.18. The van der Waals surface area contributed by atoms with Gasteiger partial charge >= 0.3 is 0 Å². The lowest BCUT2D eigenvalue weighted by Gasteiger charge is -2.28. The Morgan fingerprint density at radius 3 is 2.55 bits per heavy atom. The third-order valence-electron chi connectivity index (χ3n) is 5.91. The second-order valence-electron chi connectivity index (χ2n) is 7.61. The van der Waals surface area contributed by atoms with E-state index in [4.69, 9.17) is 4.42 Å². The van der Waals surface area contributed by atoms with Gasteiger partial charge in [0, 0.05) is 23.4 Å². The lowest BCUT2D eigenvalue weighted by molar-refractivity contribution is -0.895. The number of Topliss-reactive ketones (excluding diaryl/α,β-unsaturated/α-hetero) is 1. The van der Waals surface area contributed by atoms with Crippen LogP contribution in [0.3, 0.4) is 0 Å². The molecule has 0 saturated carbocycles. The monoisotopic (exact) mass is 419 g/mol. The highest BCUT2D eigenvalue weighted by Crippen LogP contribution is 2.38.